The zero-order valence-electron chi connectivity index (χ0n) is 12.8. The summed E-state index contributed by atoms with van der Waals surface area (Å²) in [6, 6.07) is 5.78. The molecule has 0 aliphatic carbocycles. The fraction of sp³-hybridized carbons (Fsp3) is 0.357. The van der Waals surface area contributed by atoms with E-state index in [9.17, 15) is 16.8 Å². The van der Waals surface area contributed by atoms with Gasteiger partial charge in [0.05, 0.1) is 10.6 Å². The molecule has 1 heterocycles. The summed E-state index contributed by atoms with van der Waals surface area (Å²) >= 11 is 0. The van der Waals surface area contributed by atoms with Gasteiger partial charge in [-0.25, -0.2) is 4.98 Å². The molecule has 0 unspecified atom stereocenters. The lowest BCUT2D eigenvalue weighted by Gasteiger charge is -2.08. The van der Waals surface area contributed by atoms with E-state index in [1.807, 2.05) is 0 Å². The molecule has 0 spiro atoms. The summed E-state index contributed by atoms with van der Waals surface area (Å²) in [5, 5.41) is 0. The molecule has 9 heteroatoms. The van der Waals surface area contributed by atoms with E-state index in [1.165, 1.54) is 12.1 Å². The molecule has 0 radical (unpaired) electrons. The lowest BCUT2D eigenvalue weighted by atomic mass is 10.2. The predicted octanol–water partition coefficient (Wildman–Crippen LogP) is 1.63. The zero-order valence-corrected chi connectivity index (χ0v) is 14.5. The predicted molar refractivity (Wildman–Crippen MR) is 84.8 cm³/mol. The number of benzene rings is 1. The third-order valence-corrected chi connectivity index (χ3v) is 6.40. The van der Waals surface area contributed by atoms with Crippen molar-refractivity contribution in [3.05, 3.63) is 48.0 Å². The van der Waals surface area contributed by atoms with Crippen LogP contribution in [0.4, 0.5) is 0 Å². The Morgan fingerprint density at radius 3 is 2.30 bits per heavy atom. The molecule has 0 aliphatic heterocycles. The molecule has 2 rings (SSSR count). The summed E-state index contributed by atoms with van der Waals surface area (Å²) in [4.78, 5) is 3.84. The molecular weight excluding hydrogens is 340 g/mol. The van der Waals surface area contributed by atoms with Gasteiger partial charge in [-0.1, -0.05) is 17.7 Å². The molecule has 0 N–H and O–H groups in total. The smallest absolute Gasteiger partial charge is 0.311 e. The summed E-state index contributed by atoms with van der Waals surface area (Å²) in [7, 11) is -8.52. The van der Waals surface area contributed by atoms with Crippen LogP contribution >= 0.6 is 0 Å². The van der Waals surface area contributed by atoms with Crippen LogP contribution in [0.25, 0.3) is 0 Å². The van der Waals surface area contributed by atoms with E-state index in [-0.39, 0.29) is 11.3 Å². The van der Waals surface area contributed by atoms with Crippen LogP contribution in [0.1, 0.15) is 17.8 Å². The third-order valence-electron chi connectivity index (χ3n) is 3.22. The van der Waals surface area contributed by atoms with Gasteiger partial charge in [-0.2, -0.15) is 16.8 Å². The Morgan fingerprint density at radius 1 is 1.09 bits per heavy atom. The van der Waals surface area contributed by atoms with Gasteiger partial charge in [0.25, 0.3) is 10.1 Å². The highest BCUT2D eigenvalue weighted by molar-refractivity contribution is 7.99. The van der Waals surface area contributed by atoms with Gasteiger partial charge in [-0.15, -0.1) is 3.63 Å². The summed E-state index contributed by atoms with van der Waals surface area (Å²) in [6.07, 6.45) is 3.57. The van der Waals surface area contributed by atoms with E-state index in [0.717, 1.165) is 11.4 Å². The molecular formula is C14H18N2O5S2. The monoisotopic (exact) mass is 358 g/mol. The summed E-state index contributed by atoms with van der Waals surface area (Å²) in [5.41, 5.74) is 0.863. The molecule has 7 nitrogen and oxygen atoms in total. The van der Waals surface area contributed by atoms with Crippen LogP contribution in [-0.2, 0) is 30.4 Å². The summed E-state index contributed by atoms with van der Waals surface area (Å²) in [5.74, 6) is 0.367. The first-order chi connectivity index (χ1) is 10.7. The van der Waals surface area contributed by atoms with Crippen LogP contribution < -0.4 is 0 Å². The standard InChI is InChI=1S/C14H18N2O5S2/c1-12-4-6-14(7-5-12)23(19,20)21-22(17,18)11-3-9-16-10-8-15-13(16)2/h4-8,10H,3,9,11H2,1-2H3. The normalized spacial score (nSPS) is 12.4. The summed E-state index contributed by atoms with van der Waals surface area (Å²) in [6.45, 7) is 4.01. The van der Waals surface area contributed by atoms with Crippen molar-refractivity contribution in [3.8, 4) is 0 Å². The Balaban J connectivity index is 2.00. The van der Waals surface area contributed by atoms with Crippen LogP contribution in [0.5, 0.6) is 0 Å². The molecule has 0 fully saturated rings. The second kappa shape index (κ2) is 6.81. The molecule has 0 saturated heterocycles. The van der Waals surface area contributed by atoms with Crippen molar-refractivity contribution in [2.24, 2.45) is 0 Å². The first-order valence-electron chi connectivity index (χ1n) is 6.93. The number of aryl methyl sites for hydroxylation is 3. The SMILES string of the molecule is Cc1ccc(S(=O)(=O)OS(=O)(=O)CCCn2ccnc2C)cc1. The molecule has 0 amide bonds. The number of hydrogen-bond acceptors (Lipinski definition) is 6. The van der Waals surface area contributed by atoms with Gasteiger partial charge in [0, 0.05) is 18.9 Å². The Kier molecular flexibility index (Phi) is 5.23. The van der Waals surface area contributed by atoms with E-state index in [1.54, 1.807) is 42.9 Å². The minimum atomic E-state index is -4.33. The van der Waals surface area contributed by atoms with Crippen molar-refractivity contribution in [2.75, 3.05) is 5.75 Å². The fourth-order valence-electron chi connectivity index (χ4n) is 1.97. The number of rotatable bonds is 7. The van der Waals surface area contributed by atoms with Crippen molar-refractivity contribution in [1.82, 2.24) is 9.55 Å². The zero-order chi connectivity index (χ0) is 17.1. The lowest BCUT2D eigenvalue weighted by Crippen LogP contribution is -2.18. The van der Waals surface area contributed by atoms with Crippen molar-refractivity contribution in [2.45, 2.75) is 31.7 Å². The van der Waals surface area contributed by atoms with Crippen LogP contribution in [0.15, 0.2) is 41.6 Å². The van der Waals surface area contributed by atoms with Crippen molar-refractivity contribution >= 4 is 20.2 Å². The number of aromatic nitrogens is 2. The molecule has 0 aliphatic rings. The highest BCUT2D eigenvalue weighted by Crippen LogP contribution is 2.16. The first kappa shape index (κ1) is 17.6. The molecule has 0 bridgehead atoms. The Morgan fingerprint density at radius 2 is 1.74 bits per heavy atom. The third kappa shape index (κ3) is 4.88. The van der Waals surface area contributed by atoms with Crippen molar-refractivity contribution in [3.63, 3.8) is 0 Å². The number of nitrogens with zero attached hydrogens (tertiary/aromatic N) is 2. The van der Waals surface area contributed by atoms with Crippen molar-refractivity contribution < 1.29 is 20.5 Å². The molecule has 126 valence electrons. The van der Waals surface area contributed by atoms with E-state index >= 15 is 0 Å². The maximum atomic E-state index is 12.0. The maximum absolute atomic E-state index is 12.0. The van der Waals surface area contributed by atoms with Crippen LogP contribution in [-0.4, -0.2) is 32.1 Å². The second-order valence-corrected chi connectivity index (χ2v) is 8.57. The molecule has 23 heavy (non-hydrogen) atoms. The average molecular weight is 358 g/mol. The van der Waals surface area contributed by atoms with E-state index < -0.39 is 26.0 Å². The van der Waals surface area contributed by atoms with Gasteiger partial charge in [0.15, 0.2) is 0 Å². The van der Waals surface area contributed by atoms with Crippen LogP contribution in [0.3, 0.4) is 0 Å². The molecule has 1 aromatic carbocycles. The van der Waals surface area contributed by atoms with Gasteiger partial charge >= 0.3 is 10.1 Å². The minimum absolute atomic E-state index is 0.183. The topological polar surface area (TPSA) is 95.3 Å². The molecule has 2 aromatic rings. The van der Waals surface area contributed by atoms with Crippen LogP contribution in [0.2, 0.25) is 0 Å². The van der Waals surface area contributed by atoms with E-state index in [0.29, 0.717) is 6.54 Å². The summed E-state index contributed by atoms with van der Waals surface area (Å²) < 4.78 is 53.9. The largest absolute Gasteiger partial charge is 0.335 e. The number of hydrogen-bond donors (Lipinski definition) is 0. The van der Waals surface area contributed by atoms with Crippen molar-refractivity contribution in [1.29, 1.82) is 0 Å². The molecule has 0 atom stereocenters. The first-order valence-corrected chi connectivity index (χ1v) is 9.91. The van der Waals surface area contributed by atoms with Gasteiger partial charge < -0.3 is 4.57 Å². The maximum Gasteiger partial charge on any atom is 0.311 e. The molecule has 0 saturated carbocycles. The van der Waals surface area contributed by atoms with Gasteiger partial charge in [-0.05, 0) is 32.4 Å². The van der Waals surface area contributed by atoms with E-state index in [4.69, 9.17) is 0 Å². The van der Waals surface area contributed by atoms with Gasteiger partial charge in [0.2, 0.25) is 0 Å². The second-order valence-electron chi connectivity index (χ2n) is 5.12. The highest BCUT2D eigenvalue weighted by atomic mass is 32.3. The molecule has 1 aromatic heterocycles. The highest BCUT2D eigenvalue weighted by Gasteiger charge is 2.24. The van der Waals surface area contributed by atoms with Gasteiger partial charge in [0.1, 0.15) is 5.82 Å². The Hall–Kier alpha value is -1.71. The fourth-order valence-corrected chi connectivity index (χ4v) is 4.60. The quantitative estimate of drug-likeness (QED) is 0.746. The van der Waals surface area contributed by atoms with Crippen LogP contribution in [0, 0.1) is 13.8 Å². The lowest BCUT2D eigenvalue weighted by molar-refractivity contribution is 0.459. The Labute approximate surface area is 136 Å². The van der Waals surface area contributed by atoms with Gasteiger partial charge in [-0.3, -0.25) is 0 Å². The minimum Gasteiger partial charge on any atom is -0.335 e. The van der Waals surface area contributed by atoms with E-state index in [2.05, 4.69) is 8.61 Å². The average Bonchev–Trinajstić information content (AvgIpc) is 2.83. The Bertz CT molecular complexity index is 868. The number of imidazole rings is 1.